The predicted octanol–water partition coefficient (Wildman–Crippen LogP) is 5.15. The molecular weight excluding hydrogens is 382 g/mol. The van der Waals surface area contributed by atoms with E-state index < -0.39 is 11.6 Å². The fourth-order valence-electron chi connectivity index (χ4n) is 3.38. The second-order valence-corrected chi connectivity index (χ2v) is 7.19. The molecule has 0 atom stereocenters. The molecule has 0 radical (unpaired) electrons. The van der Waals surface area contributed by atoms with Crippen molar-refractivity contribution in [3.63, 3.8) is 0 Å². The highest BCUT2D eigenvalue weighted by Crippen LogP contribution is 2.24. The van der Waals surface area contributed by atoms with Crippen LogP contribution >= 0.6 is 0 Å². The molecule has 0 saturated carbocycles. The third kappa shape index (κ3) is 4.66. The number of hydrogen-bond acceptors (Lipinski definition) is 1. The standard InChI is InChI=1S/C25H20F2N2O/c26-22-11-9-20(16-23(22)27)13-14-29-17-21-15-19(10-12-24(21)28-25(29)30)8-4-7-18-5-2-1-3-6-18/h1-3,5-6,9-12,15-16H,7,13-14,17H2,(H,28,30). The van der Waals surface area contributed by atoms with Crippen molar-refractivity contribution in [3.8, 4) is 11.8 Å². The summed E-state index contributed by atoms with van der Waals surface area (Å²) in [5.41, 5.74) is 4.46. The van der Waals surface area contributed by atoms with Crippen molar-refractivity contribution >= 4 is 11.7 Å². The Morgan fingerprint density at radius 2 is 1.77 bits per heavy atom. The zero-order valence-corrected chi connectivity index (χ0v) is 16.3. The molecule has 1 aliphatic rings. The van der Waals surface area contributed by atoms with Gasteiger partial charge in [0.2, 0.25) is 0 Å². The first kappa shape index (κ1) is 19.7. The maximum atomic E-state index is 13.4. The molecule has 3 aromatic rings. The van der Waals surface area contributed by atoms with Crippen molar-refractivity contribution < 1.29 is 13.6 Å². The number of urea groups is 1. The summed E-state index contributed by atoms with van der Waals surface area (Å²) in [5.74, 6) is 4.62. The van der Waals surface area contributed by atoms with Gasteiger partial charge in [-0.1, -0.05) is 48.2 Å². The predicted molar refractivity (Wildman–Crippen MR) is 113 cm³/mol. The Hall–Kier alpha value is -3.65. The molecular formula is C25H20F2N2O. The topological polar surface area (TPSA) is 32.3 Å². The summed E-state index contributed by atoms with van der Waals surface area (Å²) in [6, 6.07) is 19.4. The number of halogens is 2. The van der Waals surface area contributed by atoms with Crippen LogP contribution in [-0.4, -0.2) is 17.5 Å². The second kappa shape index (κ2) is 8.79. The Morgan fingerprint density at radius 3 is 2.57 bits per heavy atom. The first-order chi connectivity index (χ1) is 14.6. The molecule has 0 spiro atoms. The Kier molecular flexibility index (Phi) is 5.76. The third-order valence-corrected chi connectivity index (χ3v) is 5.02. The molecule has 3 aromatic carbocycles. The van der Waals surface area contributed by atoms with Gasteiger partial charge < -0.3 is 10.2 Å². The molecule has 1 aliphatic heterocycles. The smallest absolute Gasteiger partial charge is 0.320 e. The average molecular weight is 402 g/mol. The lowest BCUT2D eigenvalue weighted by atomic mass is 10.1. The summed E-state index contributed by atoms with van der Waals surface area (Å²) in [6.45, 7) is 0.847. The van der Waals surface area contributed by atoms with E-state index in [1.54, 1.807) is 4.90 Å². The quantitative estimate of drug-likeness (QED) is 0.602. The van der Waals surface area contributed by atoms with E-state index in [4.69, 9.17) is 0 Å². The number of carbonyl (C=O) groups excluding carboxylic acids is 1. The van der Waals surface area contributed by atoms with E-state index in [2.05, 4.69) is 17.2 Å². The van der Waals surface area contributed by atoms with Crippen LogP contribution in [0.3, 0.4) is 0 Å². The summed E-state index contributed by atoms with van der Waals surface area (Å²) in [6.07, 6.45) is 1.12. The normalized spacial score (nSPS) is 12.6. The molecule has 0 unspecified atom stereocenters. The molecule has 150 valence electrons. The van der Waals surface area contributed by atoms with Crippen molar-refractivity contribution in [3.05, 3.63) is 101 Å². The Balaban J connectivity index is 1.43. The average Bonchev–Trinajstić information content (AvgIpc) is 2.75. The van der Waals surface area contributed by atoms with E-state index >= 15 is 0 Å². The van der Waals surface area contributed by atoms with E-state index in [1.165, 1.54) is 17.7 Å². The summed E-state index contributed by atoms with van der Waals surface area (Å²) in [5, 5.41) is 2.88. The lowest BCUT2D eigenvalue weighted by molar-refractivity contribution is 0.207. The van der Waals surface area contributed by atoms with E-state index in [0.717, 1.165) is 22.9 Å². The van der Waals surface area contributed by atoms with Gasteiger partial charge in [-0.25, -0.2) is 13.6 Å². The van der Waals surface area contributed by atoms with Gasteiger partial charge in [0.05, 0.1) is 0 Å². The van der Waals surface area contributed by atoms with Crippen LogP contribution < -0.4 is 5.32 Å². The van der Waals surface area contributed by atoms with Crippen LogP contribution in [0.1, 0.15) is 22.3 Å². The van der Waals surface area contributed by atoms with Gasteiger partial charge in [-0.15, -0.1) is 0 Å². The summed E-state index contributed by atoms with van der Waals surface area (Å²) in [4.78, 5) is 14.0. The number of carbonyl (C=O) groups is 1. The van der Waals surface area contributed by atoms with Crippen LogP contribution in [0.4, 0.5) is 19.3 Å². The minimum absolute atomic E-state index is 0.201. The van der Waals surface area contributed by atoms with Crippen molar-refractivity contribution in [2.24, 2.45) is 0 Å². The molecule has 30 heavy (non-hydrogen) atoms. The Morgan fingerprint density at radius 1 is 0.933 bits per heavy atom. The highest BCUT2D eigenvalue weighted by atomic mass is 19.2. The Labute approximate surface area is 174 Å². The number of benzene rings is 3. The molecule has 0 bridgehead atoms. The maximum absolute atomic E-state index is 13.4. The Bertz CT molecular complexity index is 1130. The maximum Gasteiger partial charge on any atom is 0.322 e. The molecule has 3 nitrogen and oxygen atoms in total. The van der Waals surface area contributed by atoms with E-state index in [9.17, 15) is 13.6 Å². The number of nitrogens with zero attached hydrogens (tertiary/aromatic N) is 1. The minimum Gasteiger partial charge on any atom is -0.320 e. The zero-order valence-electron chi connectivity index (χ0n) is 16.3. The first-order valence-electron chi connectivity index (χ1n) is 9.74. The van der Waals surface area contributed by atoms with Crippen LogP contribution in [-0.2, 0) is 19.4 Å². The first-order valence-corrected chi connectivity index (χ1v) is 9.74. The number of nitrogens with one attached hydrogen (secondary N) is 1. The summed E-state index contributed by atoms with van der Waals surface area (Å²) >= 11 is 0. The van der Waals surface area contributed by atoms with Gasteiger partial charge in [0, 0.05) is 30.8 Å². The molecule has 0 aliphatic carbocycles. The summed E-state index contributed by atoms with van der Waals surface area (Å²) in [7, 11) is 0. The molecule has 1 heterocycles. The molecule has 4 rings (SSSR count). The third-order valence-electron chi connectivity index (χ3n) is 5.02. The fourth-order valence-corrected chi connectivity index (χ4v) is 3.38. The van der Waals surface area contributed by atoms with E-state index in [1.807, 2.05) is 48.5 Å². The highest BCUT2D eigenvalue weighted by molar-refractivity contribution is 5.92. The SMILES string of the molecule is O=C1Nc2ccc(C#CCc3ccccc3)cc2CN1CCc1ccc(F)c(F)c1. The van der Waals surface area contributed by atoms with E-state index in [0.29, 0.717) is 31.5 Å². The van der Waals surface area contributed by atoms with Gasteiger partial charge in [-0.2, -0.15) is 0 Å². The van der Waals surface area contributed by atoms with Crippen LogP contribution in [0.5, 0.6) is 0 Å². The van der Waals surface area contributed by atoms with Crippen molar-refractivity contribution in [2.45, 2.75) is 19.4 Å². The monoisotopic (exact) mass is 402 g/mol. The fraction of sp³-hybridized carbons (Fsp3) is 0.160. The number of hydrogen-bond donors (Lipinski definition) is 1. The molecule has 5 heteroatoms. The number of amides is 2. The van der Waals surface area contributed by atoms with Gasteiger partial charge in [0.15, 0.2) is 11.6 Å². The van der Waals surface area contributed by atoms with Gasteiger partial charge in [-0.3, -0.25) is 0 Å². The van der Waals surface area contributed by atoms with Crippen LogP contribution in [0.25, 0.3) is 0 Å². The van der Waals surface area contributed by atoms with Crippen LogP contribution in [0, 0.1) is 23.5 Å². The van der Waals surface area contributed by atoms with E-state index in [-0.39, 0.29) is 6.03 Å². The molecule has 0 fully saturated rings. The van der Waals surface area contributed by atoms with Crippen LogP contribution in [0.15, 0.2) is 66.7 Å². The van der Waals surface area contributed by atoms with Gasteiger partial charge >= 0.3 is 6.03 Å². The lowest BCUT2D eigenvalue weighted by Crippen LogP contribution is -2.39. The van der Waals surface area contributed by atoms with Crippen molar-refractivity contribution in [1.82, 2.24) is 4.90 Å². The molecule has 2 amide bonds. The van der Waals surface area contributed by atoms with Crippen LogP contribution in [0.2, 0.25) is 0 Å². The molecule has 0 saturated heterocycles. The number of rotatable bonds is 4. The minimum atomic E-state index is -0.875. The largest absolute Gasteiger partial charge is 0.322 e. The number of fused-ring (bicyclic) bond motifs is 1. The van der Waals surface area contributed by atoms with Crippen molar-refractivity contribution in [2.75, 3.05) is 11.9 Å². The van der Waals surface area contributed by atoms with Gasteiger partial charge in [-0.05, 0) is 53.4 Å². The molecule has 1 N–H and O–H groups in total. The van der Waals surface area contributed by atoms with Gasteiger partial charge in [0.25, 0.3) is 0 Å². The second-order valence-electron chi connectivity index (χ2n) is 7.19. The number of anilines is 1. The van der Waals surface area contributed by atoms with Gasteiger partial charge in [0.1, 0.15) is 0 Å². The highest BCUT2D eigenvalue weighted by Gasteiger charge is 2.22. The summed E-state index contributed by atoms with van der Waals surface area (Å²) < 4.78 is 26.5. The molecule has 0 aromatic heterocycles. The van der Waals surface area contributed by atoms with Crippen molar-refractivity contribution in [1.29, 1.82) is 0 Å². The zero-order chi connectivity index (χ0) is 20.9. The lowest BCUT2D eigenvalue weighted by Gasteiger charge is -2.29.